The van der Waals surface area contributed by atoms with Crippen LogP contribution >= 0.6 is 0 Å². The summed E-state index contributed by atoms with van der Waals surface area (Å²) >= 11 is 0. The molecule has 0 aliphatic carbocycles. The highest BCUT2D eigenvalue weighted by Crippen LogP contribution is 2.15. The second-order valence-electron chi connectivity index (χ2n) is 7.03. The van der Waals surface area contributed by atoms with Gasteiger partial charge >= 0.3 is 0 Å². The number of hydrogen-bond donors (Lipinski definition) is 3. The van der Waals surface area contributed by atoms with Crippen LogP contribution in [0.3, 0.4) is 0 Å². The van der Waals surface area contributed by atoms with Crippen LogP contribution in [0.5, 0.6) is 0 Å². The molecule has 27 heavy (non-hydrogen) atoms. The highest BCUT2D eigenvalue weighted by molar-refractivity contribution is 6.04. The van der Waals surface area contributed by atoms with Gasteiger partial charge in [0, 0.05) is 38.1 Å². The monoisotopic (exact) mass is 363 g/mol. The fourth-order valence-electron chi connectivity index (χ4n) is 3.60. The predicted octanol–water partition coefficient (Wildman–Crippen LogP) is 1.81. The number of aromatic nitrogens is 2. The van der Waals surface area contributed by atoms with E-state index in [1.165, 1.54) is 5.56 Å². The fourth-order valence-corrected chi connectivity index (χ4v) is 3.60. The molecule has 3 N–H and O–H groups in total. The third-order valence-corrected chi connectivity index (χ3v) is 5.05. The van der Waals surface area contributed by atoms with E-state index in [4.69, 9.17) is 0 Å². The number of nitrogens with zero attached hydrogens (tertiary/aromatic N) is 2. The first-order valence-electron chi connectivity index (χ1n) is 9.50. The van der Waals surface area contributed by atoms with Crippen LogP contribution in [-0.4, -0.2) is 59.8 Å². The van der Waals surface area contributed by atoms with Gasteiger partial charge in [0.1, 0.15) is 0 Å². The maximum absolute atomic E-state index is 12.7. The van der Waals surface area contributed by atoms with Gasteiger partial charge in [-0.2, -0.15) is 5.10 Å². The maximum Gasteiger partial charge on any atom is 0.272 e. The predicted molar refractivity (Wildman–Crippen MR) is 107 cm³/mol. The molecule has 1 saturated heterocycles. The van der Waals surface area contributed by atoms with Crippen molar-refractivity contribution in [1.82, 2.24) is 25.7 Å². The molecule has 0 radical (unpaired) electrons. The molecule has 3 aromatic rings. The minimum Gasteiger partial charge on any atom is -0.345 e. The fraction of sp³-hybridized carbons (Fsp3) is 0.333. The molecule has 4 rings (SSSR count). The molecular weight excluding hydrogens is 338 g/mol. The van der Waals surface area contributed by atoms with Gasteiger partial charge in [0.2, 0.25) is 0 Å². The number of benzene rings is 2. The molecule has 6 nitrogen and oxygen atoms in total. The first kappa shape index (κ1) is 17.7. The number of nitrogens with one attached hydrogen (secondary N) is 3. The van der Waals surface area contributed by atoms with Crippen molar-refractivity contribution in [3.63, 3.8) is 0 Å². The van der Waals surface area contributed by atoms with Gasteiger partial charge in [-0.25, -0.2) is 0 Å². The topological polar surface area (TPSA) is 73.1 Å². The lowest BCUT2D eigenvalue weighted by molar-refractivity contribution is 0.0926. The number of H-pyrrole nitrogens is 1. The lowest BCUT2D eigenvalue weighted by Gasteiger charge is -2.24. The van der Waals surface area contributed by atoms with Crippen molar-refractivity contribution >= 4 is 16.8 Å². The van der Waals surface area contributed by atoms with E-state index >= 15 is 0 Å². The van der Waals surface area contributed by atoms with Gasteiger partial charge in [0.15, 0.2) is 5.69 Å². The molecule has 1 fully saturated rings. The average molecular weight is 363 g/mol. The van der Waals surface area contributed by atoms with E-state index < -0.39 is 0 Å². The Morgan fingerprint density at radius 3 is 2.85 bits per heavy atom. The average Bonchev–Trinajstić information content (AvgIpc) is 3.01. The van der Waals surface area contributed by atoms with E-state index in [9.17, 15) is 4.79 Å². The SMILES string of the molecule is O=C(NC1CNCCN(CCc2ccccc2)C1)c1n[nH]c2ccccc12. The first-order valence-corrected chi connectivity index (χ1v) is 9.50. The zero-order chi connectivity index (χ0) is 18.5. The van der Waals surface area contributed by atoms with Crippen LogP contribution in [0.2, 0.25) is 0 Å². The van der Waals surface area contributed by atoms with Gasteiger partial charge in [0.05, 0.1) is 11.6 Å². The Kier molecular flexibility index (Phi) is 5.46. The second-order valence-corrected chi connectivity index (χ2v) is 7.03. The number of carbonyl (C=O) groups is 1. The number of fused-ring (bicyclic) bond motifs is 1. The molecule has 1 aliphatic heterocycles. The third kappa shape index (κ3) is 4.35. The minimum atomic E-state index is -0.121. The van der Waals surface area contributed by atoms with E-state index in [0.717, 1.165) is 50.0 Å². The van der Waals surface area contributed by atoms with E-state index in [-0.39, 0.29) is 11.9 Å². The van der Waals surface area contributed by atoms with Crippen LogP contribution in [0.25, 0.3) is 10.9 Å². The Morgan fingerprint density at radius 1 is 1.15 bits per heavy atom. The Bertz CT molecular complexity index is 892. The van der Waals surface area contributed by atoms with Gasteiger partial charge in [-0.3, -0.25) is 14.8 Å². The number of hydrogen-bond acceptors (Lipinski definition) is 4. The van der Waals surface area contributed by atoms with Gasteiger partial charge in [-0.15, -0.1) is 0 Å². The summed E-state index contributed by atoms with van der Waals surface area (Å²) < 4.78 is 0. The molecular formula is C21H25N5O. The lowest BCUT2D eigenvalue weighted by Crippen LogP contribution is -2.46. The Labute approximate surface area is 159 Å². The van der Waals surface area contributed by atoms with Gasteiger partial charge in [0.25, 0.3) is 5.91 Å². The van der Waals surface area contributed by atoms with Crippen molar-refractivity contribution in [2.45, 2.75) is 12.5 Å². The van der Waals surface area contributed by atoms with E-state index in [2.05, 4.69) is 50.0 Å². The summed E-state index contributed by atoms with van der Waals surface area (Å²) in [4.78, 5) is 15.2. The molecule has 0 bridgehead atoms. The summed E-state index contributed by atoms with van der Waals surface area (Å²) in [5.41, 5.74) is 2.69. The van der Waals surface area contributed by atoms with Crippen LogP contribution in [0.4, 0.5) is 0 Å². The van der Waals surface area contributed by atoms with Crippen molar-refractivity contribution in [2.75, 3.05) is 32.7 Å². The molecule has 0 saturated carbocycles. The number of aromatic amines is 1. The molecule has 1 aliphatic rings. The zero-order valence-corrected chi connectivity index (χ0v) is 15.3. The standard InChI is InChI=1S/C21H25N5O/c27-21(20-18-8-4-5-9-19(18)24-25-20)23-17-14-22-11-13-26(15-17)12-10-16-6-2-1-3-7-16/h1-9,17,22H,10-15H2,(H,23,27)(H,24,25). The summed E-state index contributed by atoms with van der Waals surface area (Å²) in [6, 6.07) is 18.3. The van der Waals surface area contributed by atoms with Crippen molar-refractivity contribution in [1.29, 1.82) is 0 Å². The highest BCUT2D eigenvalue weighted by atomic mass is 16.2. The smallest absolute Gasteiger partial charge is 0.272 e. The molecule has 1 amide bonds. The van der Waals surface area contributed by atoms with Crippen molar-refractivity contribution in [3.05, 3.63) is 65.9 Å². The first-order chi connectivity index (χ1) is 13.3. The minimum absolute atomic E-state index is 0.0613. The molecule has 6 heteroatoms. The Balaban J connectivity index is 1.38. The Hall–Kier alpha value is -2.70. The molecule has 2 heterocycles. The number of amides is 1. The number of rotatable bonds is 5. The summed E-state index contributed by atoms with van der Waals surface area (Å²) in [5.74, 6) is -0.121. The molecule has 1 unspecified atom stereocenters. The summed E-state index contributed by atoms with van der Waals surface area (Å²) in [7, 11) is 0. The molecule has 1 aromatic heterocycles. The van der Waals surface area contributed by atoms with Crippen LogP contribution in [0, 0.1) is 0 Å². The quantitative estimate of drug-likeness (QED) is 0.646. The maximum atomic E-state index is 12.7. The lowest BCUT2D eigenvalue weighted by atomic mass is 10.1. The molecule has 0 spiro atoms. The number of carbonyl (C=O) groups excluding carboxylic acids is 1. The Morgan fingerprint density at radius 2 is 1.96 bits per heavy atom. The van der Waals surface area contributed by atoms with E-state index in [1.807, 2.05) is 30.3 Å². The van der Waals surface area contributed by atoms with E-state index in [1.54, 1.807) is 0 Å². The van der Waals surface area contributed by atoms with Crippen molar-refractivity contribution in [3.8, 4) is 0 Å². The summed E-state index contributed by atoms with van der Waals surface area (Å²) in [5, 5.41) is 14.6. The van der Waals surface area contributed by atoms with Gasteiger partial charge in [-0.1, -0.05) is 48.5 Å². The normalized spacial score (nSPS) is 18.3. The summed E-state index contributed by atoms with van der Waals surface area (Å²) in [6.07, 6.45) is 1.02. The summed E-state index contributed by atoms with van der Waals surface area (Å²) in [6.45, 7) is 4.53. The molecule has 2 aromatic carbocycles. The van der Waals surface area contributed by atoms with Crippen molar-refractivity contribution in [2.24, 2.45) is 0 Å². The number of para-hydroxylation sites is 1. The van der Waals surface area contributed by atoms with Crippen LogP contribution < -0.4 is 10.6 Å². The van der Waals surface area contributed by atoms with Crippen molar-refractivity contribution < 1.29 is 4.79 Å². The van der Waals surface area contributed by atoms with Crippen LogP contribution in [0.15, 0.2) is 54.6 Å². The van der Waals surface area contributed by atoms with Gasteiger partial charge in [-0.05, 0) is 18.1 Å². The highest BCUT2D eigenvalue weighted by Gasteiger charge is 2.22. The second kappa shape index (κ2) is 8.33. The van der Waals surface area contributed by atoms with Crippen LogP contribution in [0.1, 0.15) is 16.1 Å². The molecule has 140 valence electrons. The molecule has 1 atom stereocenters. The van der Waals surface area contributed by atoms with E-state index in [0.29, 0.717) is 5.69 Å². The third-order valence-electron chi connectivity index (χ3n) is 5.05. The zero-order valence-electron chi connectivity index (χ0n) is 15.3. The largest absolute Gasteiger partial charge is 0.345 e. The van der Waals surface area contributed by atoms with Gasteiger partial charge < -0.3 is 10.6 Å². The van der Waals surface area contributed by atoms with Crippen LogP contribution in [-0.2, 0) is 6.42 Å².